The van der Waals surface area contributed by atoms with Crippen molar-refractivity contribution in [2.45, 2.75) is 125 Å². The number of ether oxygens (including phenoxy) is 2. The minimum atomic E-state index is -0.732. The zero-order chi connectivity index (χ0) is 58.2. The summed E-state index contributed by atoms with van der Waals surface area (Å²) in [6.45, 7) is 12.5. The van der Waals surface area contributed by atoms with Crippen LogP contribution in [0.5, 0.6) is 0 Å². The molecule has 0 bridgehead atoms. The fourth-order valence-electron chi connectivity index (χ4n) is 12.3. The van der Waals surface area contributed by atoms with E-state index in [0.29, 0.717) is 72.3 Å². The quantitative estimate of drug-likeness (QED) is 0.0650. The molecule has 4 fully saturated rings. The fraction of sp³-hybridized carbons (Fsp3) is 0.426. The molecule has 434 valence electrons. The first-order chi connectivity index (χ1) is 39.8. The van der Waals surface area contributed by atoms with Gasteiger partial charge in [0.1, 0.15) is 34.0 Å². The number of imide groups is 1. The summed E-state index contributed by atoms with van der Waals surface area (Å²) in [7, 11) is 0. The predicted octanol–water partition coefficient (Wildman–Crippen LogP) is 7.90. The zero-order valence-electron chi connectivity index (χ0n) is 46.8. The summed E-state index contributed by atoms with van der Waals surface area (Å²) >= 11 is 1.41. The predicted molar refractivity (Wildman–Crippen MR) is 307 cm³/mol. The van der Waals surface area contributed by atoms with E-state index < -0.39 is 47.2 Å². The largest absolute Gasteiger partial charge is 0.444 e. The van der Waals surface area contributed by atoms with E-state index in [2.05, 4.69) is 36.1 Å². The number of benzene rings is 3. The van der Waals surface area contributed by atoms with Gasteiger partial charge >= 0.3 is 6.09 Å². The van der Waals surface area contributed by atoms with Crippen molar-refractivity contribution in [3.63, 3.8) is 0 Å². The van der Waals surface area contributed by atoms with Gasteiger partial charge in [0.25, 0.3) is 17.7 Å². The minimum absolute atomic E-state index is 0.0658. The second-order valence-corrected chi connectivity index (χ2v) is 24.3. The molecule has 19 nitrogen and oxygen atoms in total. The number of anilines is 3. The van der Waals surface area contributed by atoms with Gasteiger partial charge in [-0.2, -0.15) is 4.39 Å². The van der Waals surface area contributed by atoms with Crippen LogP contribution in [0.2, 0.25) is 0 Å². The van der Waals surface area contributed by atoms with Crippen LogP contribution in [0.3, 0.4) is 0 Å². The van der Waals surface area contributed by atoms with Crippen LogP contribution in [0, 0.1) is 17.2 Å². The van der Waals surface area contributed by atoms with Crippen molar-refractivity contribution < 1.29 is 47.0 Å². The highest BCUT2D eigenvalue weighted by atomic mass is 32.2. The molecule has 22 heteroatoms. The maximum Gasteiger partial charge on any atom is 0.407 e. The van der Waals surface area contributed by atoms with E-state index >= 15 is 8.78 Å². The molecule has 8 heterocycles. The Hall–Kier alpha value is -7.82. The molecule has 6 aliphatic rings. The average molecular weight is 1150 g/mol. The highest BCUT2D eigenvalue weighted by molar-refractivity contribution is 7.99. The number of aromatic nitrogens is 3. The summed E-state index contributed by atoms with van der Waals surface area (Å²) in [4.78, 5) is 98.7. The molecule has 83 heavy (non-hydrogen) atoms. The Kier molecular flexibility index (Phi) is 16.4. The first-order valence-corrected chi connectivity index (χ1v) is 29.1. The van der Waals surface area contributed by atoms with Crippen LogP contribution in [0.4, 0.5) is 30.8 Å². The number of hydrogen-bond acceptors (Lipinski definition) is 15. The summed E-state index contributed by atoms with van der Waals surface area (Å²) < 4.78 is 43.0. The van der Waals surface area contributed by atoms with E-state index in [1.54, 1.807) is 54.9 Å². The van der Waals surface area contributed by atoms with Crippen LogP contribution >= 0.6 is 11.8 Å². The molecule has 11 rings (SSSR count). The molecule has 0 saturated carbocycles. The number of fused-ring (bicyclic) bond motifs is 1. The van der Waals surface area contributed by atoms with Crippen molar-refractivity contribution in [3.8, 4) is 0 Å². The monoisotopic (exact) mass is 1150 g/mol. The number of carbonyl (C=O) groups excluding carboxylic acids is 6. The third-order valence-corrected chi connectivity index (χ3v) is 17.6. The van der Waals surface area contributed by atoms with Gasteiger partial charge in [-0.25, -0.2) is 24.1 Å². The molecule has 6 aliphatic heterocycles. The smallest absolute Gasteiger partial charge is 0.407 e. The second kappa shape index (κ2) is 23.8. The van der Waals surface area contributed by atoms with Crippen LogP contribution in [0.15, 0.2) is 101 Å². The molecular weight excluding hydrogens is 1080 g/mol. The van der Waals surface area contributed by atoms with Gasteiger partial charge in [-0.05, 0) is 138 Å². The number of rotatable bonds is 13. The number of piperidine rings is 3. The number of halogens is 2. The van der Waals surface area contributed by atoms with Gasteiger partial charge in [0, 0.05) is 97.5 Å². The van der Waals surface area contributed by atoms with Gasteiger partial charge in [-0.3, -0.25) is 34.2 Å². The number of nitrogens with one attached hydrogen (secondary N) is 4. The topological polar surface area (TPSA) is 221 Å². The Morgan fingerprint density at radius 3 is 2.37 bits per heavy atom. The van der Waals surface area contributed by atoms with Crippen LogP contribution in [0.1, 0.15) is 121 Å². The van der Waals surface area contributed by atoms with E-state index in [-0.39, 0.29) is 72.6 Å². The van der Waals surface area contributed by atoms with E-state index in [0.717, 1.165) is 60.6 Å². The molecule has 2 aromatic heterocycles. The third kappa shape index (κ3) is 12.7. The summed E-state index contributed by atoms with van der Waals surface area (Å²) in [5.74, 6) is -2.55. The van der Waals surface area contributed by atoms with Crippen molar-refractivity contribution in [2.24, 2.45) is 5.41 Å². The maximum absolute atomic E-state index is 15.8. The lowest BCUT2D eigenvalue weighted by atomic mass is 9.73. The number of alkyl carbamates (subject to hydrolysis) is 1. The lowest BCUT2D eigenvalue weighted by Crippen LogP contribution is -2.55. The molecule has 0 radical (unpaired) electrons. The summed E-state index contributed by atoms with van der Waals surface area (Å²) in [6, 6.07) is 19.6. The van der Waals surface area contributed by atoms with Crippen molar-refractivity contribution in [2.75, 3.05) is 61.0 Å². The Balaban J connectivity index is 0.615. The molecule has 3 atom stereocenters. The lowest BCUT2D eigenvalue weighted by molar-refractivity contribution is -0.136. The molecular formula is C61H67F2N11O8S. The number of amides is 6. The van der Waals surface area contributed by atoms with Crippen molar-refractivity contribution in [3.05, 3.63) is 137 Å². The standard InChI is InChI=1S/C61H67F2N11O8S/c1-36-53(70-59(80)82-60(2,3)4)61(35-81-36)20-26-73(27-21-61)50-32-65-52(33-64-50)83-43-7-5-6-41(30-43)67-55(76)39-9-13-48(46(62)29-39)72-24-18-42(19-25-72)71-22-16-38(17-23-71)44-11-12-47(68-54(44)63)56(77)66-31-37-8-10-45-40(28-37)34-74(58(45)79)49-14-15-51(75)69-57(49)78/h5-13,16,28-30,32-33,36,42,49,53H,14-15,17-27,31,34-35H2,1-4H3,(H,66,77)(H,67,76)(H,70,80)(H,69,75,78)/t36-,49?,53+/m0/s1. The number of nitrogens with zero attached hydrogens (tertiary/aromatic N) is 7. The number of carbonyl (C=O) groups is 6. The first kappa shape index (κ1) is 57.0. The van der Waals surface area contributed by atoms with Crippen LogP contribution in [0.25, 0.3) is 5.57 Å². The molecule has 5 aromatic rings. The molecule has 1 spiro atoms. The molecule has 4 N–H and O–H groups in total. The Labute approximate surface area is 484 Å². The molecule has 0 aliphatic carbocycles. The Morgan fingerprint density at radius 1 is 0.867 bits per heavy atom. The average Bonchev–Trinajstić information content (AvgIpc) is 3.42. The molecule has 1 unspecified atom stereocenters. The molecule has 3 aromatic carbocycles. The van der Waals surface area contributed by atoms with Crippen molar-refractivity contribution >= 4 is 70.2 Å². The van der Waals surface area contributed by atoms with E-state index in [4.69, 9.17) is 19.4 Å². The zero-order valence-corrected chi connectivity index (χ0v) is 47.7. The highest BCUT2D eigenvalue weighted by Crippen LogP contribution is 2.43. The van der Waals surface area contributed by atoms with Gasteiger partial charge in [0.2, 0.25) is 17.8 Å². The van der Waals surface area contributed by atoms with Gasteiger partial charge < -0.3 is 40.1 Å². The SMILES string of the molecule is C[C@@H]1OCC2(CCN(c3cnc(Sc4cccc(NC(=O)c5ccc(N6CCC(N7CC=C(c8ccc(C(=O)NCc9ccc%10c(c9)CN(C9CCC(=O)NC9=O)C%10=O)nc8F)CC7)CC6)c(F)c5)c4)cn3)CC2)[C@@H]1NC(=O)OC(C)(C)C. The second-order valence-electron chi connectivity index (χ2n) is 23.3. The van der Waals surface area contributed by atoms with E-state index in [9.17, 15) is 28.8 Å². The fourth-order valence-corrected chi connectivity index (χ4v) is 13.0. The Morgan fingerprint density at radius 2 is 1.66 bits per heavy atom. The summed E-state index contributed by atoms with van der Waals surface area (Å²) in [6.07, 6.45) is 9.20. The van der Waals surface area contributed by atoms with Crippen LogP contribution in [-0.4, -0.2) is 136 Å². The molecule has 4 saturated heterocycles. The van der Waals surface area contributed by atoms with Crippen LogP contribution in [-0.2, 0) is 32.2 Å². The van der Waals surface area contributed by atoms with E-state index in [1.807, 2.05) is 56.9 Å². The van der Waals surface area contributed by atoms with Gasteiger partial charge in [0.15, 0.2) is 0 Å². The third-order valence-electron chi connectivity index (χ3n) is 16.7. The molecule has 6 amide bonds. The highest BCUT2D eigenvalue weighted by Gasteiger charge is 2.51. The minimum Gasteiger partial charge on any atom is -0.444 e. The maximum atomic E-state index is 15.8. The van der Waals surface area contributed by atoms with E-state index in [1.165, 1.54) is 28.8 Å². The van der Waals surface area contributed by atoms with Gasteiger partial charge in [0.05, 0.1) is 36.8 Å². The Bertz CT molecular complexity index is 3380. The lowest BCUT2D eigenvalue weighted by Gasteiger charge is -2.42. The van der Waals surface area contributed by atoms with Crippen molar-refractivity contribution in [1.82, 2.24) is 40.7 Å². The van der Waals surface area contributed by atoms with Crippen molar-refractivity contribution in [1.29, 1.82) is 0 Å². The normalized spacial score (nSPS) is 21.1. The van der Waals surface area contributed by atoms with Gasteiger partial charge in [-0.1, -0.05) is 36.0 Å². The number of pyridine rings is 1. The summed E-state index contributed by atoms with van der Waals surface area (Å²) in [5, 5.41) is 11.8. The first-order valence-electron chi connectivity index (χ1n) is 28.3. The summed E-state index contributed by atoms with van der Waals surface area (Å²) in [5.41, 5.74) is 3.40. The van der Waals surface area contributed by atoms with Gasteiger partial charge in [-0.15, -0.1) is 0 Å². The number of hydrogen-bond donors (Lipinski definition) is 4. The van der Waals surface area contributed by atoms with Crippen LogP contribution < -0.4 is 31.1 Å².